The first kappa shape index (κ1) is 22.7. The number of halogens is 1. The Labute approximate surface area is 186 Å². The van der Waals surface area contributed by atoms with Crippen molar-refractivity contribution in [1.82, 2.24) is 20.0 Å². The molecule has 0 saturated carbocycles. The minimum absolute atomic E-state index is 0.0636. The van der Waals surface area contributed by atoms with Gasteiger partial charge >= 0.3 is 5.97 Å². The number of esters is 1. The first-order valence-corrected chi connectivity index (χ1v) is 11.2. The Morgan fingerprint density at radius 3 is 2.71 bits per heavy atom. The molecule has 0 saturated heterocycles. The molecule has 3 aromatic rings. The summed E-state index contributed by atoms with van der Waals surface area (Å²) in [7, 11) is 0. The highest BCUT2D eigenvalue weighted by molar-refractivity contribution is 8.01. The summed E-state index contributed by atoms with van der Waals surface area (Å²) in [6.07, 6.45) is 2.32. The highest BCUT2D eigenvalue weighted by Gasteiger charge is 2.21. The van der Waals surface area contributed by atoms with Crippen molar-refractivity contribution in [2.75, 3.05) is 24.3 Å². The van der Waals surface area contributed by atoms with Gasteiger partial charge in [-0.05, 0) is 37.6 Å². The molecule has 1 aromatic carbocycles. The fourth-order valence-corrected chi connectivity index (χ4v) is 3.90. The predicted octanol–water partition coefficient (Wildman–Crippen LogP) is 3.56. The monoisotopic (exact) mass is 465 g/mol. The number of nitrogens with zero attached hydrogens (tertiary/aromatic N) is 4. The van der Waals surface area contributed by atoms with Gasteiger partial charge in [-0.25, -0.2) is 9.07 Å². The molecule has 12 heteroatoms. The van der Waals surface area contributed by atoms with Crippen molar-refractivity contribution in [2.24, 2.45) is 0 Å². The third kappa shape index (κ3) is 6.25. The Morgan fingerprint density at radius 1 is 1.23 bits per heavy atom. The lowest BCUT2D eigenvalue weighted by Crippen LogP contribution is -2.14. The minimum Gasteiger partial charge on any atom is -0.489 e. The molecule has 0 fully saturated rings. The van der Waals surface area contributed by atoms with E-state index >= 15 is 0 Å². The molecule has 31 heavy (non-hydrogen) atoms. The van der Waals surface area contributed by atoms with Gasteiger partial charge in [0.25, 0.3) is 5.91 Å². The van der Waals surface area contributed by atoms with Crippen molar-refractivity contribution in [3.8, 4) is 11.4 Å². The van der Waals surface area contributed by atoms with Gasteiger partial charge in [-0.15, -0.1) is 10.2 Å². The van der Waals surface area contributed by atoms with Gasteiger partial charge in [-0.1, -0.05) is 30.0 Å². The van der Waals surface area contributed by atoms with Gasteiger partial charge in [0.05, 0.1) is 30.9 Å². The van der Waals surface area contributed by atoms with Crippen LogP contribution >= 0.6 is 23.1 Å². The highest BCUT2D eigenvalue weighted by Crippen LogP contribution is 2.27. The van der Waals surface area contributed by atoms with Crippen molar-refractivity contribution in [3.63, 3.8) is 0 Å². The Balaban J connectivity index is 1.73. The second-order valence-corrected chi connectivity index (χ2v) is 8.23. The zero-order valence-electron chi connectivity index (χ0n) is 16.8. The fourth-order valence-electron chi connectivity index (χ4n) is 2.36. The third-order valence-corrected chi connectivity index (χ3v) is 5.64. The molecule has 2 heterocycles. The van der Waals surface area contributed by atoms with Gasteiger partial charge in [-0.2, -0.15) is 5.10 Å². The maximum atomic E-state index is 13.2. The zero-order chi connectivity index (χ0) is 22.2. The number of anilines is 1. The summed E-state index contributed by atoms with van der Waals surface area (Å²) in [5, 5.41) is 15.1. The van der Waals surface area contributed by atoms with E-state index in [1.54, 1.807) is 25.3 Å². The van der Waals surface area contributed by atoms with E-state index in [2.05, 4.69) is 20.6 Å². The number of carbonyl (C=O) groups excluding carboxylic acids is 2. The maximum absolute atomic E-state index is 13.2. The topological polar surface area (TPSA) is 108 Å². The van der Waals surface area contributed by atoms with Gasteiger partial charge in [0.2, 0.25) is 5.13 Å². The minimum atomic E-state index is -0.523. The maximum Gasteiger partial charge on any atom is 0.316 e. The van der Waals surface area contributed by atoms with E-state index < -0.39 is 5.91 Å². The molecule has 0 unspecified atom stereocenters. The first-order chi connectivity index (χ1) is 15.0. The number of hydrogen-bond donors (Lipinski definition) is 1. The van der Waals surface area contributed by atoms with E-state index in [0.717, 1.165) is 17.8 Å². The van der Waals surface area contributed by atoms with Gasteiger partial charge in [0.1, 0.15) is 5.82 Å². The molecule has 0 spiro atoms. The van der Waals surface area contributed by atoms with Crippen LogP contribution in [0.25, 0.3) is 5.69 Å². The molecule has 164 valence electrons. The van der Waals surface area contributed by atoms with Crippen LogP contribution in [0.3, 0.4) is 0 Å². The quantitative estimate of drug-likeness (QED) is 0.275. The Bertz CT molecular complexity index is 1040. The lowest BCUT2D eigenvalue weighted by atomic mass is 10.3. The smallest absolute Gasteiger partial charge is 0.316 e. The number of aromatic nitrogens is 4. The molecule has 0 bridgehead atoms. The molecule has 1 N–H and O–H groups in total. The molecule has 3 rings (SSSR count). The summed E-state index contributed by atoms with van der Waals surface area (Å²) in [5.41, 5.74) is 0.643. The Kier molecular flexibility index (Phi) is 7.95. The van der Waals surface area contributed by atoms with E-state index in [0.29, 0.717) is 29.0 Å². The Morgan fingerprint density at radius 2 is 2.00 bits per heavy atom. The summed E-state index contributed by atoms with van der Waals surface area (Å²) in [6.45, 7) is 4.39. The fraction of sp³-hybridized carbons (Fsp3) is 0.316. The van der Waals surface area contributed by atoms with Crippen LogP contribution in [-0.2, 0) is 9.53 Å². The summed E-state index contributed by atoms with van der Waals surface area (Å²) < 4.78 is 25.7. The van der Waals surface area contributed by atoms with Crippen LogP contribution in [-0.4, -0.2) is 50.8 Å². The van der Waals surface area contributed by atoms with E-state index in [1.807, 2.05) is 6.92 Å². The second-order valence-electron chi connectivity index (χ2n) is 6.03. The SMILES string of the molecule is CCCOc1cn(-c2ccc(F)cc2)nc1C(=O)Nc1nnc(SCC(=O)OCC)s1. The van der Waals surface area contributed by atoms with E-state index in [4.69, 9.17) is 9.47 Å². The molecule has 2 aromatic heterocycles. The van der Waals surface area contributed by atoms with Crippen LogP contribution in [0, 0.1) is 5.82 Å². The zero-order valence-corrected chi connectivity index (χ0v) is 18.5. The molecule has 0 aliphatic carbocycles. The van der Waals surface area contributed by atoms with Gasteiger partial charge < -0.3 is 9.47 Å². The predicted molar refractivity (Wildman–Crippen MR) is 115 cm³/mol. The van der Waals surface area contributed by atoms with E-state index in [9.17, 15) is 14.0 Å². The number of nitrogens with one attached hydrogen (secondary N) is 1. The number of hydrogen-bond acceptors (Lipinski definition) is 9. The number of benzene rings is 1. The van der Waals surface area contributed by atoms with Crippen LogP contribution in [0.2, 0.25) is 0 Å². The summed E-state index contributed by atoms with van der Waals surface area (Å²) in [4.78, 5) is 24.2. The number of amides is 1. The highest BCUT2D eigenvalue weighted by atomic mass is 32.2. The molecule has 0 radical (unpaired) electrons. The van der Waals surface area contributed by atoms with E-state index in [-0.39, 0.29) is 28.4 Å². The van der Waals surface area contributed by atoms with Crippen LogP contribution in [0.4, 0.5) is 9.52 Å². The lowest BCUT2D eigenvalue weighted by molar-refractivity contribution is -0.139. The van der Waals surface area contributed by atoms with Crippen LogP contribution in [0.5, 0.6) is 5.75 Å². The molecule has 0 atom stereocenters. The van der Waals surface area contributed by atoms with Gasteiger partial charge in [0, 0.05) is 0 Å². The van der Waals surface area contributed by atoms with Crippen molar-refractivity contribution in [2.45, 2.75) is 24.6 Å². The molecule has 1 amide bonds. The van der Waals surface area contributed by atoms with Crippen molar-refractivity contribution in [1.29, 1.82) is 0 Å². The number of carbonyl (C=O) groups is 2. The summed E-state index contributed by atoms with van der Waals surface area (Å²) in [6, 6.07) is 5.71. The molecular weight excluding hydrogens is 445 g/mol. The summed E-state index contributed by atoms with van der Waals surface area (Å²) in [5.74, 6) is -0.843. The average Bonchev–Trinajstić information content (AvgIpc) is 3.38. The largest absolute Gasteiger partial charge is 0.489 e. The Hall–Kier alpha value is -2.99. The molecule has 0 aliphatic heterocycles. The second kappa shape index (κ2) is 10.9. The van der Waals surface area contributed by atoms with Crippen molar-refractivity contribution in [3.05, 3.63) is 42.0 Å². The van der Waals surface area contributed by atoms with Crippen LogP contribution in [0.15, 0.2) is 34.8 Å². The normalized spacial score (nSPS) is 10.7. The molecular formula is C19H20FN5O4S2. The van der Waals surface area contributed by atoms with Crippen molar-refractivity contribution < 1.29 is 23.5 Å². The van der Waals surface area contributed by atoms with Gasteiger partial charge in [-0.3, -0.25) is 14.9 Å². The van der Waals surface area contributed by atoms with E-state index in [1.165, 1.54) is 28.6 Å². The summed E-state index contributed by atoms with van der Waals surface area (Å²) >= 11 is 2.30. The van der Waals surface area contributed by atoms with Crippen LogP contribution < -0.4 is 10.1 Å². The first-order valence-electron chi connectivity index (χ1n) is 9.41. The number of rotatable bonds is 10. The number of ether oxygens (including phenoxy) is 2. The lowest BCUT2D eigenvalue weighted by Gasteiger charge is -2.03. The molecule has 9 nitrogen and oxygen atoms in total. The molecule has 0 aliphatic rings. The van der Waals surface area contributed by atoms with Crippen molar-refractivity contribution >= 4 is 40.1 Å². The number of thioether (sulfide) groups is 1. The van der Waals surface area contributed by atoms with Gasteiger partial charge in [0.15, 0.2) is 15.8 Å². The van der Waals surface area contributed by atoms with Crippen LogP contribution in [0.1, 0.15) is 30.8 Å². The average molecular weight is 466 g/mol. The standard InChI is InChI=1S/C19H20FN5O4S2/c1-3-9-29-14-10-25(13-7-5-12(20)6-8-13)24-16(14)17(27)21-18-22-23-19(31-18)30-11-15(26)28-4-2/h5-8,10H,3-4,9,11H2,1-2H3,(H,21,22,27). The third-order valence-electron chi connectivity index (χ3n) is 3.69.